The highest BCUT2D eigenvalue weighted by Gasteiger charge is 2.83. The summed E-state index contributed by atoms with van der Waals surface area (Å²) in [4.78, 5) is 80.5. The summed E-state index contributed by atoms with van der Waals surface area (Å²) < 4.78 is 32.3. The normalized spacial score (nSPS) is 27.4. The van der Waals surface area contributed by atoms with E-state index in [1.54, 1.807) is 25.2 Å². The number of hydrogen-bond acceptors (Lipinski definition) is 15. The standard InChI is InChI=1S/2C38H46O8/c1-21(2)10-9-11-23(5)13-15-26-31(40)27(14-12-22(3)4)34-30(32(26)41)33(42)28-18-25-19-29-36(7,8)46-37(35(25)43,38(28,29)45-34)17-16-24(6)44-20-39;1-20(2)10-9-11-22(5)13-15-25-30(39)26(14-12-21(3)4)33-29(31(25)40)32(41)27-18-24-19-28-36(7,8)46-37(34(24)42,38(27,28)45-33)17-16-23(6)35(43)44/h10,12-13,16,18,20,25,29,40-41H,9,11,14-15,17,19H2,1-8H3;10,12-13,16,18,24,28,39-40H,9,11,14-15,17,19H2,1-8H3,(H,43,44)/b23-13+,24-16-;22-13+,23-16+/t25?,29?,37-,38-;24?,28?,37-,38-/m11/s1. The molecule has 5 N–H and O–H groups in total. The molecule has 0 aromatic heterocycles. The minimum Gasteiger partial charge on any atom is -0.507 e. The van der Waals surface area contributed by atoms with Crippen molar-refractivity contribution in [1.82, 2.24) is 0 Å². The number of carbonyl (C=O) groups excluding carboxylic acids is 5. The minimum absolute atomic E-state index is 0.000733. The van der Waals surface area contributed by atoms with Gasteiger partial charge in [0.15, 0.2) is 45.5 Å². The van der Waals surface area contributed by atoms with Crippen LogP contribution in [0, 0.1) is 23.7 Å². The van der Waals surface area contributed by atoms with E-state index in [9.17, 15) is 54.3 Å². The number of Topliss-reactive ketones (excluding diaryl/α,β-unsaturated/α-hetero) is 4. The molecule has 16 heteroatoms. The summed E-state index contributed by atoms with van der Waals surface area (Å²) in [6.07, 6.45) is 23.7. The zero-order chi connectivity index (χ0) is 67.7. The maximum Gasteiger partial charge on any atom is 0.330 e. The number of carbonyl (C=O) groups is 6. The first-order valence-electron chi connectivity index (χ1n) is 32.2. The summed E-state index contributed by atoms with van der Waals surface area (Å²) in [5.41, 5.74) is 0.407. The van der Waals surface area contributed by atoms with Gasteiger partial charge in [-0.2, -0.15) is 0 Å². The maximum atomic E-state index is 14.7. The van der Waals surface area contributed by atoms with Crippen LogP contribution in [0.15, 0.2) is 117 Å². The second kappa shape index (κ2) is 25.2. The van der Waals surface area contributed by atoms with E-state index < -0.39 is 68.9 Å². The average Bonchev–Trinajstić information content (AvgIpc) is 1.43. The number of fused-ring (bicyclic) bond motifs is 2. The number of phenols is 4. The maximum absolute atomic E-state index is 14.7. The van der Waals surface area contributed by atoms with Gasteiger partial charge in [0.25, 0.3) is 6.47 Å². The highest BCUT2D eigenvalue weighted by molar-refractivity contribution is 6.20. The highest BCUT2D eigenvalue weighted by atomic mass is 16.6. The third kappa shape index (κ3) is 11.3. The van der Waals surface area contributed by atoms with Crippen LogP contribution >= 0.6 is 0 Å². The van der Waals surface area contributed by atoms with Crippen molar-refractivity contribution < 1.29 is 78.0 Å². The zero-order valence-electron chi connectivity index (χ0n) is 56.4. The van der Waals surface area contributed by atoms with Crippen LogP contribution in [-0.2, 0) is 59.1 Å². The van der Waals surface area contributed by atoms with Gasteiger partial charge in [-0.1, -0.05) is 88.1 Å². The summed E-state index contributed by atoms with van der Waals surface area (Å²) in [6.45, 7) is 30.9. The SMILES string of the molecule is CC(C)=CCC/C(C)=C/Cc1c(O)c(CC=C(C)C)c2c(c1O)C(=O)C1=CC3CC4C(C)(C)O[C@](C/C=C(/C)OC=O)(C3=O)[C@@]14O2.CC(C)=CCC/C(C)=C/Cc1c(O)c(CC=C(C)C)c2c(c1O)C(=O)C1=CC3CC4C(C)(C)O[C@](C/C=C(\C)C(=O)O)(C3=O)[C@@]14O2. The molecule has 2 spiro atoms. The minimum atomic E-state index is -1.67. The second-order valence-corrected chi connectivity index (χ2v) is 28.5. The fraction of sp³-hybridized carbons (Fsp3) is 0.500. The molecule has 10 aliphatic rings. The van der Waals surface area contributed by atoms with Gasteiger partial charge in [0.1, 0.15) is 51.4 Å². The first-order valence-corrected chi connectivity index (χ1v) is 32.2. The van der Waals surface area contributed by atoms with Crippen molar-refractivity contribution in [3.05, 3.63) is 150 Å². The first-order chi connectivity index (χ1) is 43.1. The van der Waals surface area contributed by atoms with E-state index in [0.29, 0.717) is 41.8 Å². The van der Waals surface area contributed by atoms with Gasteiger partial charge in [0.2, 0.25) is 0 Å². The summed E-state index contributed by atoms with van der Waals surface area (Å²) in [5, 5.41) is 56.5. The Bertz CT molecular complexity index is 3810. The van der Waals surface area contributed by atoms with Gasteiger partial charge in [-0.3, -0.25) is 24.0 Å². The molecule has 4 fully saturated rings. The molecule has 4 heterocycles. The van der Waals surface area contributed by atoms with E-state index in [0.717, 1.165) is 48.0 Å². The lowest BCUT2D eigenvalue weighted by Gasteiger charge is -2.56. The predicted octanol–water partition coefficient (Wildman–Crippen LogP) is 14.6. The van der Waals surface area contributed by atoms with Gasteiger partial charge >= 0.3 is 5.97 Å². The van der Waals surface area contributed by atoms with Crippen LogP contribution in [0.25, 0.3) is 0 Å². The molecule has 92 heavy (non-hydrogen) atoms. The number of hydrogen-bond donors (Lipinski definition) is 5. The number of benzene rings is 2. The Hall–Kier alpha value is -7.82. The van der Waals surface area contributed by atoms with Crippen LogP contribution in [0.5, 0.6) is 34.5 Å². The van der Waals surface area contributed by atoms with Gasteiger partial charge < -0.3 is 49.2 Å². The summed E-state index contributed by atoms with van der Waals surface area (Å²) >= 11 is 0. The number of phenolic OH excluding ortho intramolecular Hbond substituents is 4. The molecule has 0 radical (unpaired) electrons. The van der Waals surface area contributed by atoms with Crippen LogP contribution in [0.3, 0.4) is 0 Å². The van der Waals surface area contributed by atoms with Crippen molar-refractivity contribution in [2.45, 2.75) is 221 Å². The van der Waals surface area contributed by atoms with Gasteiger partial charge in [0, 0.05) is 75.5 Å². The number of aromatic hydroxyl groups is 4. The Morgan fingerprint density at radius 1 is 0.522 bits per heavy atom. The van der Waals surface area contributed by atoms with Crippen molar-refractivity contribution >= 4 is 35.6 Å². The lowest BCUT2D eigenvalue weighted by atomic mass is 9.51. The largest absolute Gasteiger partial charge is 0.507 e. The van der Waals surface area contributed by atoms with E-state index in [1.807, 2.05) is 93.5 Å². The van der Waals surface area contributed by atoms with Gasteiger partial charge in [-0.15, -0.1) is 0 Å². The van der Waals surface area contributed by atoms with E-state index in [2.05, 4.69) is 39.8 Å². The Kier molecular flexibility index (Phi) is 18.8. The van der Waals surface area contributed by atoms with Gasteiger partial charge in [0.05, 0.1) is 11.2 Å². The van der Waals surface area contributed by atoms with Crippen molar-refractivity contribution in [2.75, 3.05) is 0 Å². The highest BCUT2D eigenvalue weighted by Crippen LogP contribution is 2.70. The predicted molar refractivity (Wildman–Crippen MR) is 350 cm³/mol. The van der Waals surface area contributed by atoms with Crippen LogP contribution < -0.4 is 9.47 Å². The quantitative estimate of drug-likeness (QED) is 0.0337. The molecule has 12 rings (SSSR count). The number of ether oxygens (including phenoxy) is 5. The first kappa shape index (κ1) is 68.5. The number of aliphatic carboxylic acids is 1. The summed E-state index contributed by atoms with van der Waals surface area (Å²) in [7, 11) is 0. The number of allylic oxidation sites excluding steroid dienone is 15. The molecule has 8 bridgehead atoms. The molecule has 2 aromatic rings. The smallest absolute Gasteiger partial charge is 0.330 e. The van der Waals surface area contributed by atoms with E-state index in [1.165, 1.54) is 24.1 Å². The van der Waals surface area contributed by atoms with Crippen molar-refractivity contribution in [3.8, 4) is 34.5 Å². The van der Waals surface area contributed by atoms with Crippen LogP contribution in [0.1, 0.15) is 205 Å². The molecule has 2 saturated carbocycles. The van der Waals surface area contributed by atoms with E-state index in [-0.39, 0.29) is 124 Å². The van der Waals surface area contributed by atoms with E-state index >= 15 is 0 Å². The molecule has 492 valence electrons. The number of carboxylic acid groups (broad SMARTS) is 1. The zero-order valence-corrected chi connectivity index (χ0v) is 56.4. The molecule has 0 amide bonds. The molecule has 2 aromatic carbocycles. The third-order valence-electron chi connectivity index (χ3n) is 20.2. The Labute approximate surface area is 540 Å². The molecule has 6 aliphatic carbocycles. The molecule has 8 atom stereocenters. The average molecular weight is 1260 g/mol. The monoisotopic (exact) mass is 1260 g/mol. The Morgan fingerprint density at radius 2 is 0.891 bits per heavy atom. The molecule has 16 nitrogen and oxygen atoms in total. The fourth-order valence-electron chi connectivity index (χ4n) is 15.6. The Balaban J connectivity index is 0.000000217. The van der Waals surface area contributed by atoms with Crippen LogP contribution in [-0.4, -0.2) is 94.7 Å². The van der Waals surface area contributed by atoms with Crippen LogP contribution in [0.2, 0.25) is 0 Å². The topological polar surface area (TPSA) is 250 Å². The van der Waals surface area contributed by atoms with E-state index in [4.69, 9.17) is 23.7 Å². The molecular weight excluding hydrogens is 1170 g/mol. The molecular formula is C76H92O16. The van der Waals surface area contributed by atoms with Gasteiger partial charge in [-0.05, 0) is 181 Å². The molecule has 4 aliphatic heterocycles. The summed E-state index contributed by atoms with van der Waals surface area (Å²) in [6, 6.07) is 0. The lowest BCUT2D eigenvalue weighted by Crippen LogP contribution is -2.72. The van der Waals surface area contributed by atoms with Crippen molar-refractivity contribution in [2.24, 2.45) is 23.7 Å². The molecule has 2 saturated heterocycles. The number of rotatable bonds is 21. The number of ketones is 4. The van der Waals surface area contributed by atoms with Crippen molar-refractivity contribution in [3.63, 3.8) is 0 Å². The molecule has 4 unspecified atom stereocenters. The van der Waals surface area contributed by atoms with Gasteiger partial charge in [-0.25, -0.2) is 4.79 Å². The van der Waals surface area contributed by atoms with Crippen LogP contribution in [0.4, 0.5) is 0 Å². The number of carboxylic acids is 1. The second-order valence-electron chi connectivity index (χ2n) is 28.5. The van der Waals surface area contributed by atoms with Crippen molar-refractivity contribution in [1.29, 1.82) is 0 Å². The lowest BCUT2D eigenvalue weighted by molar-refractivity contribution is -0.172. The Morgan fingerprint density at radius 3 is 1.25 bits per heavy atom. The summed E-state index contributed by atoms with van der Waals surface area (Å²) in [5.74, 6) is -4.99. The fourth-order valence-corrected chi connectivity index (χ4v) is 15.6. The third-order valence-corrected chi connectivity index (χ3v) is 20.2.